The van der Waals surface area contributed by atoms with Gasteiger partial charge in [0.2, 0.25) is 0 Å². The maximum Gasteiger partial charge on any atom is 1.00 e. The molecule has 1 heterocycles. The van der Waals surface area contributed by atoms with E-state index in [1.54, 1.807) is 0 Å². The van der Waals surface area contributed by atoms with Crippen LogP contribution in [0.2, 0.25) is 0 Å². The summed E-state index contributed by atoms with van der Waals surface area (Å²) >= 11 is 0. The largest absolute Gasteiger partial charge is 1.00 e. The van der Waals surface area contributed by atoms with Crippen LogP contribution in [0.25, 0.3) is 0 Å². The van der Waals surface area contributed by atoms with Crippen LogP contribution in [0.4, 0.5) is 5.69 Å². The van der Waals surface area contributed by atoms with Crippen molar-refractivity contribution in [3.63, 3.8) is 0 Å². The molecule has 0 bridgehead atoms. The summed E-state index contributed by atoms with van der Waals surface area (Å²) in [6.07, 6.45) is 1.19. The van der Waals surface area contributed by atoms with Crippen molar-refractivity contribution in [2.75, 3.05) is 11.9 Å². The van der Waals surface area contributed by atoms with Crippen molar-refractivity contribution < 1.29 is 29.6 Å². The first-order valence-electron chi connectivity index (χ1n) is 3.28. The molecule has 1 N–H and O–H groups in total. The van der Waals surface area contributed by atoms with E-state index in [4.69, 9.17) is 0 Å². The van der Waals surface area contributed by atoms with Gasteiger partial charge in [-0.05, 0) is 18.1 Å². The van der Waals surface area contributed by atoms with Gasteiger partial charge >= 0.3 is 29.6 Å². The van der Waals surface area contributed by atoms with Gasteiger partial charge in [-0.2, -0.15) is 0 Å². The average molecular weight is 157 g/mol. The summed E-state index contributed by atoms with van der Waals surface area (Å²) in [5.41, 5.74) is 2.77. The Hall–Kier alpha value is 0.0849. The minimum absolute atomic E-state index is 0. The average Bonchev–Trinajstić information content (AvgIpc) is 2.33. The molecule has 11 heavy (non-hydrogen) atoms. The zero-order chi connectivity index (χ0) is 6.10. The first-order valence-corrected chi connectivity index (χ1v) is 3.28. The van der Waals surface area contributed by atoms with Crippen molar-refractivity contribution in [2.45, 2.75) is 6.42 Å². The monoisotopic (exact) mass is 157 g/mol. The van der Waals surface area contributed by atoms with Crippen LogP contribution in [0.5, 0.6) is 0 Å². The van der Waals surface area contributed by atoms with E-state index in [0.717, 1.165) is 6.54 Å². The van der Waals surface area contributed by atoms with Crippen LogP contribution in [-0.2, 0) is 6.42 Å². The number of benzene rings is 1. The first kappa shape index (κ1) is 11.1. The number of rotatable bonds is 0. The van der Waals surface area contributed by atoms with Gasteiger partial charge in [0, 0.05) is 12.2 Å². The SMILES string of the molecule is [BH4-].[Na+].c1ccc2c(c1)CCN2. The molecule has 2 rings (SSSR count). The van der Waals surface area contributed by atoms with E-state index in [2.05, 4.69) is 29.6 Å². The molecule has 3 heteroatoms. The van der Waals surface area contributed by atoms with E-state index >= 15 is 0 Å². The fraction of sp³-hybridized carbons (Fsp3) is 0.250. The van der Waals surface area contributed by atoms with Crippen LogP contribution in [0, 0.1) is 0 Å². The van der Waals surface area contributed by atoms with Crippen molar-refractivity contribution in [2.24, 2.45) is 0 Å². The fourth-order valence-electron chi connectivity index (χ4n) is 1.24. The molecule has 0 saturated carbocycles. The quantitative estimate of drug-likeness (QED) is 0.401. The van der Waals surface area contributed by atoms with Gasteiger partial charge in [0.25, 0.3) is 0 Å². The number of hydrogen-bond donors (Lipinski definition) is 1. The molecular formula is C8H13BNNa. The molecule has 1 aliphatic rings. The zero-order valence-corrected chi connectivity index (χ0v) is 8.22. The van der Waals surface area contributed by atoms with Gasteiger partial charge in [0.1, 0.15) is 0 Å². The van der Waals surface area contributed by atoms with Gasteiger partial charge in [-0.3, -0.25) is 0 Å². The summed E-state index contributed by atoms with van der Waals surface area (Å²) in [7, 11) is 0. The van der Waals surface area contributed by atoms with Crippen molar-refractivity contribution in [3.05, 3.63) is 29.8 Å². The van der Waals surface area contributed by atoms with Crippen LogP contribution >= 0.6 is 0 Å². The van der Waals surface area contributed by atoms with Crippen molar-refractivity contribution in [1.82, 2.24) is 0 Å². The van der Waals surface area contributed by atoms with Crippen LogP contribution in [0.15, 0.2) is 24.3 Å². The van der Waals surface area contributed by atoms with Gasteiger partial charge in [-0.1, -0.05) is 26.6 Å². The van der Waals surface area contributed by atoms with Crippen LogP contribution in [0.1, 0.15) is 5.56 Å². The summed E-state index contributed by atoms with van der Waals surface area (Å²) in [6, 6.07) is 8.46. The minimum Gasteiger partial charge on any atom is -0.384 e. The van der Waals surface area contributed by atoms with Crippen LogP contribution < -0.4 is 34.9 Å². The van der Waals surface area contributed by atoms with E-state index in [1.807, 2.05) is 0 Å². The maximum absolute atomic E-state index is 3.30. The smallest absolute Gasteiger partial charge is 0.384 e. The Morgan fingerprint density at radius 2 is 1.91 bits per heavy atom. The molecule has 0 aromatic heterocycles. The molecule has 0 amide bonds. The summed E-state index contributed by atoms with van der Waals surface area (Å²) < 4.78 is 0. The number of nitrogens with one attached hydrogen (secondary N) is 1. The molecule has 0 saturated heterocycles. The molecule has 1 aromatic rings. The molecule has 0 fully saturated rings. The van der Waals surface area contributed by atoms with Crippen LogP contribution in [-0.4, -0.2) is 15.0 Å². The van der Waals surface area contributed by atoms with Crippen molar-refractivity contribution in [3.8, 4) is 0 Å². The third kappa shape index (κ3) is 2.26. The molecule has 0 atom stereocenters. The molecule has 0 aliphatic carbocycles. The van der Waals surface area contributed by atoms with Crippen LogP contribution in [0.3, 0.4) is 0 Å². The Morgan fingerprint density at radius 3 is 2.64 bits per heavy atom. The predicted molar refractivity (Wildman–Crippen MR) is 50.0 cm³/mol. The molecule has 0 unspecified atom stereocenters. The third-order valence-corrected chi connectivity index (χ3v) is 1.73. The van der Waals surface area contributed by atoms with E-state index in [-0.39, 0.29) is 38.0 Å². The summed E-state index contributed by atoms with van der Waals surface area (Å²) in [5.74, 6) is 0. The number of para-hydroxylation sites is 1. The summed E-state index contributed by atoms with van der Waals surface area (Å²) in [5, 5.41) is 3.30. The second kappa shape index (κ2) is 4.86. The topological polar surface area (TPSA) is 12.0 Å². The standard InChI is InChI=1S/C8H9N.BH4.Na/c1-2-4-8-7(3-1)5-6-9-8;;/h1-4,9H,5-6H2;1H4;/q;-1;+1. The maximum atomic E-state index is 3.30. The van der Waals surface area contributed by atoms with E-state index in [9.17, 15) is 0 Å². The normalized spacial score (nSPS) is 12.0. The van der Waals surface area contributed by atoms with E-state index in [1.165, 1.54) is 17.7 Å². The Balaban J connectivity index is 0.000000500. The molecule has 54 valence electrons. The summed E-state index contributed by atoms with van der Waals surface area (Å²) in [6.45, 7) is 1.11. The fourth-order valence-corrected chi connectivity index (χ4v) is 1.24. The Kier molecular flexibility index (Phi) is 4.90. The second-order valence-corrected chi connectivity index (χ2v) is 2.33. The second-order valence-electron chi connectivity index (χ2n) is 2.33. The molecule has 1 aromatic carbocycles. The van der Waals surface area contributed by atoms with Crippen molar-refractivity contribution in [1.29, 1.82) is 0 Å². The summed E-state index contributed by atoms with van der Waals surface area (Å²) in [4.78, 5) is 0. The number of fused-ring (bicyclic) bond motifs is 1. The molecule has 1 aliphatic heterocycles. The van der Waals surface area contributed by atoms with Crippen molar-refractivity contribution >= 4 is 14.1 Å². The minimum atomic E-state index is 0. The van der Waals surface area contributed by atoms with Gasteiger partial charge in [-0.15, -0.1) is 0 Å². The Labute approximate surface area is 91.4 Å². The number of hydrogen-bond acceptors (Lipinski definition) is 1. The van der Waals surface area contributed by atoms with Gasteiger partial charge in [0.15, 0.2) is 0 Å². The molecule has 1 nitrogen and oxygen atoms in total. The molecule has 0 spiro atoms. The zero-order valence-electron chi connectivity index (χ0n) is 6.22. The Morgan fingerprint density at radius 1 is 1.18 bits per heavy atom. The van der Waals surface area contributed by atoms with Gasteiger partial charge in [0.05, 0.1) is 0 Å². The van der Waals surface area contributed by atoms with Gasteiger partial charge < -0.3 is 5.32 Å². The van der Waals surface area contributed by atoms with E-state index < -0.39 is 0 Å². The van der Waals surface area contributed by atoms with Gasteiger partial charge in [-0.25, -0.2) is 0 Å². The third-order valence-electron chi connectivity index (χ3n) is 1.73. The number of anilines is 1. The Bertz CT molecular complexity index is 204. The predicted octanol–water partition coefficient (Wildman–Crippen LogP) is -2.79. The first-order chi connectivity index (χ1) is 4.47. The molecular weight excluding hydrogens is 144 g/mol. The van der Waals surface area contributed by atoms with E-state index in [0.29, 0.717) is 0 Å². The molecule has 0 radical (unpaired) electrons.